The molecule has 0 aromatic rings. The maximum absolute atomic E-state index is 12.7. The van der Waals surface area contributed by atoms with Crippen molar-refractivity contribution in [1.82, 2.24) is 0 Å². The molecule has 108 valence electrons. The Morgan fingerprint density at radius 2 is 1.22 bits per heavy atom. The third kappa shape index (κ3) is 3.11. The molecule has 0 saturated heterocycles. The number of alkyl halides is 9. The Bertz CT molecular complexity index is 275. The van der Waals surface area contributed by atoms with Gasteiger partial charge in [0.05, 0.1) is 0 Å². The minimum absolute atomic E-state index is 0.386. The summed E-state index contributed by atoms with van der Waals surface area (Å²) >= 11 is 0. The van der Waals surface area contributed by atoms with Gasteiger partial charge in [-0.3, -0.25) is 0 Å². The van der Waals surface area contributed by atoms with Gasteiger partial charge in [-0.15, -0.1) is 0 Å². The molecule has 2 radical (unpaired) electrons. The van der Waals surface area contributed by atoms with Crippen molar-refractivity contribution in [1.29, 1.82) is 0 Å². The van der Waals surface area contributed by atoms with Gasteiger partial charge in [0.2, 0.25) is 9.76 Å². The molecule has 11 heteroatoms. The summed E-state index contributed by atoms with van der Waals surface area (Å²) in [6, 6.07) is -0.386. The fourth-order valence-electron chi connectivity index (χ4n) is 0.954. The van der Waals surface area contributed by atoms with Gasteiger partial charge in [0.15, 0.2) is 0 Å². The predicted molar refractivity (Wildman–Crippen MR) is 42.9 cm³/mol. The Morgan fingerprint density at radius 1 is 0.778 bits per heavy atom. The van der Waals surface area contributed by atoms with E-state index in [9.17, 15) is 39.5 Å². The fraction of sp³-hybridized carbons (Fsp3) is 1.00. The monoisotopic (exact) mass is 306 g/mol. The average Bonchev–Trinajstić information content (AvgIpc) is 2.15. The van der Waals surface area contributed by atoms with Crippen LogP contribution < -0.4 is 0 Å². The Hall–Kier alpha value is -0.453. The van der Waals surface area contributed by atoms with E-state index >= 15 is 0 Å². The summed E-state index contributed by atoms with van der Waals surface area (Å²) in [6.45, 7) is 0. The van der Waals surface area contributed by atoms with Crippen molar-refractivity contribution in [3.8, 4) is 0 Å². The molecule has 0 rings (SSSR count). The van der Waals surface area contributed by atoms with Crippen molar-refractivity contribution >= 4 is 9.76 Å². The molecule has 0 bridgehead atoms. The van der Waals surface area contributed by atoms with Crippen LogP contribution in [0.5, 0.6) is 0 Å². The van der Waals surface area contributed by atoms with E-state index in [1.165, 1.54) is 0 Å². The van der Waals surface area contributed by atoms with E-state index in [4.69, 9.17) is 4.80 Å². The second kappa shape index (κ2) is 5.27. The van der Waals surface area contributed by atoms with Crippen LogP contribution in [-0.2, 0) is 0 Å². The molecule has 0 saturated carbocycles. The van der Waals surface area contributed by atoms with Crippen molar-refractivity contribution in [2.45, 2.75) is 42.8 Å². The lowest BCUT2D eigenvalue weighted by Crippen LogP contribution is -2.60. The summed E-state index contributed by atoms with van der Waals surface area (Å²) in [5.74, 6) is -18.9. The van der Waals surface area contributed by atoms with Crippen molar-refractivity contribution in [3.05, 3.63) is 0 Å². The van der Waals surface area contributed by atoms with Gasteiger partial charge >= 0.3 is 23.9 Å². The lowest BCUT2D eigenvalue weighted by Gasteiger charge is -2.33. The van der Waals surface area contributed by atoms with Crippen molar-refractivity contribution in [2.75, 3.05) is 0 Å². The summed E-state index contributed by atoms with van der Waals surface area (Å²) in [6.07, 6.45) is -9.45. The van der Waals surface area contributed by atoms with Gasteiger partial charge in [-0.25, -0.2) is 0 Å². The Kier molecular flexibility index (Phi) is 5.14. The zero-order valence-corrected chi connectivity index (χ0v) is 9.47. The molecule has 0 unspecified atom stereocenters. The van der Waals surface area contributed by atoms with E-state index in [2.05, 4.69) is 0 Å². The first-order valence-corrected chi connectivity index (χ1v) is 5.54. The topological polar surface area (TPSA) is 20.2 Å². The van der Waals surface area contributed by atoms with Crippen LogP contribution in [0.4, 0.5) is 39.5 Å². The minimum atomic E-state index is -6.83. The third-order valence-corrected chi connectivity index (χ3v) is 2.57. The number of hydrogen-bond acceptors (Lipinski definition) is 1. The van der Waals surface area contributed by atoms with Crippen LogP contribution in [0.15, 0.2) is 0 Å². The highest BCUT2D eigenvalue weighted by atomic mass is 28.2. The first-order valence-electron chi connectivity index (χ1n) is 4.38. The molecule has 0 heterocycles. The molecule has 1 nitrogen and oxygen atoms in total. The second-order valence-electron chi connectivity index (χ2n) is 3.36. The van der Waals surface area contributed by atoms with E-state index in [1.54, 1.807) is 0 Å². The van der Waals surface area contributed by atoms with Crippen molar-refractivity contribution in [2.24, 2.45) is 0 Å². The first-order chi connectivity index (χ1) is 7.81. The maximum atomic E-state index is 12.7. The molecule has 0 aromatic carbocycles. The third-order valence-electron chi connectivity index (χ3n) is 1.99. The summed E-state index contributed by atoms with van der Waals surface area (Å²) in [5, 5.41) is 0. The molecule has 0 amide bonds. The van der Waals surface area contributed by atoms with Crippen LogP contribution in [-0.4, -0.2) is 38.5 Å². The fourth-order valence-corrected chi connectivity index (χ4v) is 1.29. The zero-order valence-electron chi connectivity index (χ0n) is 8.47. The van der Waals surface area contributed by atoms with Gasteiger partial charge in [0, 0.05) is 6.42 Å². The molecular formula is C7H7F9OSi. The van der Waals surface area contributed by atoms with Gasteiger partial charge in [-0.2, -0.15) is 39.5 Å². The van der Waals surface area contributed by atoms with Crippen LogP contribution in [0.2, 0.25) is 6.04 Å². The number of rotatable bonds is 6. The SMILES string of the molecule is O[Si]CCCC(F)(F)C(F)(F)C(F)(F)C(F)(F)F. The van der Waals surface area contributed by atoms with Gasteiger partial charge in [-0.05, 0) is 12.5 Å². The molecule has 0 aliphatic rings. The number of halogens is 9. The normalized spacial score (nSPS) is 15.0. The minimum Gasteiger partial charge on any atom is -0.432 e. The highest BCUT2D eigenvalue weighted by molar-refractivity contribution is 6.25. The van der Waals surface area contributed by atoms with Gasteiger partial charge < -0.3 is 4.80 Å². The molecule has 0 spiro atoms. The molecule has 0 aromatic heterocycles. The zero-order chi connectivity index (χ0) is 14.8. The molecule has 18 heavy (non-hydrogen) atoms. The molecule has 0 aliphatic carbocycles. The van der Waals surface area contributed by atoms with E-state index in [0.717, 1.165) is 0 Å². The van der Waals surface area contributed by atoms with E-state index in [-0.39, 0.29) is 6.04 Å². The summed E-state index contributed by atoms with van der Waals surface area (Å²) in [5.41, 5.74) is 0. The quantitative estimate of drug-likeness (QED) is 0.454. The largest absolute Gasteiger partial charge is 0.460 e. The van der Waals surface area contributed by atoms with Gasteiger partial charge in [0.25, 0.3) is 0 Å². The van der Waals surface area contributed by atoms with Crippen LogP contribution in [0.25, 0.3) is 0 Å². The van der Waals surface area contributed by atoms with E-state index in [1.807, 2.05) is 0 Å². The van der Waals surface area contributed by atoms with Crippen LogP contribution >= 0.6 is 0 Å². The van der Waals surface area contributed by atoms with Crippen LogP contribution in [0, 0.1) is 0 Å². The van der Waals surface area contributed by atoms with Gasteiger partial charge in [0.1, 0.15) is 0 Å². The molecule has 0 fully saturated rings. The maximum Gasteiger partial charge on any atom is 0.460 e. The Morgan fingerprint density at radius 3 is 1.56 bits per heavy atom. The van der Waals surface area contributed by atoms with Crippen molar-refractivity contribution < 1.29 is 44.3 Å². The lowest BCUT2D eigenvalue weighted by atomic mass is 10.00. The molecule has 1 N–H and O–H groups in total. The molecule has 0 atom stereocenters. The van der Waals surface area contributed by atoms with Crippen LogP contribution in [0.1, 0.15) is 12.8 Å². The smallest absolute Gasteiger partial charge is 0.432 e. The van der Waals surface area contributed by atoms with E-state index < -0.39 is 46.5 Å². The van der Waals surface area contributed by atoms with Crippen LogP contribution in [0.3, 0.4) is 0 Å². The van der Waals surface area contributed by atoms with Crippen molar-refractivity contribution in [3.63, 3.8) is 0 Å². The number of hydrogen-bond donors (Lipinski definition) is 1. The average molecular weight is 306 g/mol. The Labute approximate surface area is 97.9 Å². The lowest BCUT2D eigenvalue weighted by molar-refractivity contribution is -0.396. The second-order valence-corrected chi connectivity index (χ2v) is 4.18. The molecular weight excluding hydrogens is 299 g/mol. The highest BCUT2D eigenvalue weighted by Gasteiger charge is 2.81. The summed E-state index contributed by atoms with van der Waals surface area (Å²) in [7, 11) is -0.885. The molecule has 0 aliphatic heterocycles. The highest BCUT2D eigenvalue weighted by Crippen LogP contribution is 2.54. The van der Waals surface area contributed by atoms with Gasteiger partial charge in [-0.1, -0.05) is 0 Å². The standard InChI is InChI=1S/C7H7F9OSi/c8-4(9,2-1-3-18-17)5(10,11)6(12,13)7(14,15)16/h17H,1-3H2. The summed E-state index contributed by atoms with van der Waals surface area (Å²) < 4.78 is 110. The predicted octanol–water partition coefficient (Wildman–Crippen LogP) is 3.26. The van der Waals surface area contributed by atoms with E-state index in [0.29, 0.717) is 0 Å². The first kappa shape index (κ1) is 17.5. The Balaban J connectivity index is 5.11. The summed E-state index contributed by atoms with van der Waals surface area (Å²) in [4.78, 5) is 8.22.